The summed E-state index contributed by atoms with van der Waals surface area (Å²) >= 11 is 8.48. The highest BCUT2D eigenvalue weighted by molar-refractivity contribution is 6.37. The van der Waals surface area contributed by atoms with Gasteiger partial charge in [0.2, 0.25) is 0 Å². The zero-order valence-electron chi connectivity index (χ0n) is 41.9. The van der Waals surface area contributed by atoms with Gasteiger partial charge in [-0.05, 0) is 117 Å². The quantitative estimate of drug-likeness (QED) is 0.114. The van der Waals surface area contributed by atoms with E-state index in [-0.39, 0.29) is 5.41 Å². The minimum absolute atomic E-state index is 0.0693. The van der Waals surface area contributed by atoms with Crippen molar-refractivity contribution in [3.8, 4) is 44.5 Å². The fourth-order valence-corrected chi connectivity index (χ4v) is 10.2. The van der Waals surface area contributed by atoms with Gasteiger partial charge in [-0.1, -0.05) is 245 Å². The first-order valence-electron chi connectivity index (χ1n) is 25.3. The number of hydrogen-bond acceptors (Lipinski definition) is 3. The highest BCUT2D eigenvalue weighted by Crippen LogP contribution is 2.54. The summed E-state index contributed by atoms with van der Waals surface area (Å²) in [5.41, 5.74) is 18.4. The third-order valence-corrected chi connectivity index (χ3v) is 14.0. The summed E-state index contributed by atoms with van der Waals surface area (Å²) in [7, 11) is 0. The molecule has 0 amide bonds. The van der Waals surface area contributed by atoms with E-state index < -0.39 is 0 Å². The van der Waals surface area contributed by atoms with Gasteiger partial charge in [-0.2, -0.15) is 0 Å². The fraction of sp³-hybridized carbons (Fsp3) is 0.0571. The van der Waals surface area contributed by atoms with Crippen molar-refractivity contribution in [2.45, 2.75) is 26.2 Å². The molecule has 0 N–H and O–H groups in total. The summed E-state index contributed by atoms with van der Waals surface area (Å²) < 4.78 is 0. The summed E-state index contributed by atoms with van der Waals surface area (Å²) in [6.07, 6.45) is 0. The molecule has 0 aromatic heterocycles. The van der Waals surface area contributed by atoms with Gasteiger partial charge in [0, 0.05) is 39.6 Å². The number of halogens is 1. The fourth-order valence-electron chi connectivity index (χ4n) is 9.96. The van der Waals surface area contributed by atoms with Crippen LogP contribution in [-0.4, -0.2) is 0 Å². The van der Waals surface area contributed by atoms with Gasteiger partial charge in [0.05, 0.1) is 27.8 Å². The predicted molar refractivity (Wildman–Crippen MR) is 316 cm³/mol. The monoisotopic (exact) mass is 973 g/mol. The molecule has 358 valence electrons. The lowest BCUT2D eigenvalue weighted by atomic mass is 9.87. The average Bonchev–Trinajstić information content (AvgIpc) is 3.46. The summed E-state index contributed by atoms with van der Waals surface area (Å²) in [6, 6.07) is 102. The van der Waals surface area contributed by atoms with Crippen LogP contribution in [0.25, 0.3) is 44.5 Å². The number of nitrogens with zero attached hydrogens (tertiary/aromatic N) is 3. The van der Waals surface area contributed by atoms with Crippen LogP contribution in [0.2, 0.25) is 5.02 Å². The number of benzene rings is 11. The average molecular weight is 975 g/mol. The Kier molecular flexibility index (Phi) is 13.5. The Morgan fingerprint density at radius 2 is 0.608 bits per heavy atom. The van der Waals surface area contributed by atoms with Gasteiger partial charge >= 0.3 is 0 Å². The van der Waals surface area contributed by atoms with E-state index in [0.717, 1.165) is 95.7 Å². The largest absolute Gasteiger partial charge is 0.310 e. The molecule has 11 aromatic carbocycles. The normalized spacial score (nSPS) is 11.2. The van der Waals surface area contributed by atoms with Crippen molar-refractivity contribution in [1.82, 2.24) is 0 Å². The Balaban J connectivity index is 1.28. The second-order valence-corrected chi connectivity index (χ2v) is 19.9. The van der Waals surface area contributed by atoms with E-state index in [1.165, 1.54) is 5.56 Å². The standard InChI is InChI=1S/C70H56ClN3/c1-70(2,3)57-43-45-60(46-44-57)74(69-64(53-29-14-6-15-30-53)41-24-42-65(69)54-31-16-7-17-32-54)67-50-63(72(58-35-18-8-19-36-58)59-37-20-9-21-38-59)49-66(68(67)71)73(61-39-22-33-55(47-61)51-25-10-4-11-26-51)62-40-23-34-56(48-62)52-27-12-5-13-28-52/h4-50H,1-3H3. The molecular formula is C70H56ClN3. The van der Waals surface area contributed by atoms with Crippen LogP contribution in [0, 0.1) is 0 Å². The molecule has 3 nitrogen and oxygen atoms in total. The Bertz CT molecular complexity index is 3450. The van der Waals surface area contributed by atoms with E-state index in [2.05, 4.69) is 321 Å². The second-order valence-electron chi connectivity index (χ2n) is 19.5. The number of hydrogen-bond donors (Lipinski definition) is 0. The van der Waals surface area contributed by atoms with Gasteiger partial charge in [-0.15, -0.1) is 0 Å². The van der Waals surface area contributed by atoms with Crippen molar-refractivity contribution in [3.63, 3.8) is 0 Å². The molecule has 0 fully saturated rings. The molecule has 0 bridgehead atoms. The number of anilines is 9. The number of para-hydroxylation sites is 3. The maximum absolute atomic E-state index is 8.48. The molecular weight excluding hydrogens is 918 g/mol. The van der Waals surface area contributed by atoms with E-state index in [1.807, 2.05) is 0 Å². The van der Waals surface area contributed by atoms with E-state index >= 15 is 0 Å². The molecule has 4 heteroatoms. The van der Waals surface area contributed by atoms with Crippen LogP contribution in [0.5, 0.6) is 0 Å². The third-order valence-electron chi connectivity index (χ3n) is 13.6. The van der Waals surface area contributed by atoms with Crippen molar-refractivity contribution in [3.05, 3.63) is 296 Å². The van der Waals surface area contributed by atoms with Crippen LogP contribution in [0.15, 0.2) is 285 Å². The Labute approximate surface area is 441 Å². The molecule has 11 rings (SSSR count). The second kappa shape index (κ2) is 21.1. The maximum Gasteiger partial charge on any atom is 0.0888 e. The van der Waals surface area contributed by atoms with Crippen molar-refractivity contribution in [1.29, 1.82) is 0 Å². The lowest BCUT2D eigenvalue weighted by Gasteiger charge is -2.36. The molecule has 0 aliphatic rings. The van der Waals surface area contributed by atoms with Crippen molar-refractivity contribution in [2.75, 3.05) is 14.7 Å². The Morgan fingerprint density at radius 1 is 0.270 bits per heavy atom. The Morgan fingerprint density at radius 3 is 1.03 bits per heavy atom. The molecule has 0 aliphatic heterocycles. The first-order chi connectivity index (χ1) is 36.3. The van der Waals surface area contributed by atoms with Gasteiger partial charge < -0.3 is 14.7 Å². The van der Waals surface area contributed by atoms with Crippen LogP contribution in [-0.2, 0) is 5.41 Å². The minimum Gasteiger partial charge on any atom is -0.310 e. The Hall–Kier alpha value is -8.89. The first-order valence-corrected chi connectivity index (χ1v) is 25.7. The molecule has 0 radical (unpaired) electrons. The summed E-state index contributed by atoms with van der Waals surface area (Å²) in [5.74, 6) is 0. The predicted octanol–water partition coefficient (Wildman–Crippen LogP) is 20.7. The van der Waals surface area contributed by atoms with Crippen LogP contribution < -0.4 is 14.7 Å². The molecule has 0 aliphatic carbocycles. The van der Waals surface area contributed by atoms with Gasteiger partial charge in [0.25, 0.3) is 0 Å². The molecule has 0 atom stereocenters. The van der Waals surface area contributed by atoms with E-state index in [1.54, 1.807) is 0 Å². The van der Waals surface area contributed by atoms with Crippen molar-refractivity contribution >= 4 is 62.8 Å². The lowest BCUT2D eigenvalue weighted by molar-refractivity contribution is 0.590. The third kappa shape index (κ3) is 9.86. The SMILES string of the molecule is CC(C)(C)c1ccc(N(c2cc(N(c3ccccc3)c3ccccc3)cc(N(c3cccc(-c4ccccc4)c3)c3cccc(-c4ccccc4)c3)c2Cl)c2c(-c3ccccc3)cccc2-c2ccccc2)cc1. The minimum atomic E-state index is -0.0693. The van der Waals surface area contributed by atoms with Crippen molar-refractivity contribution < 1.29 is 0 Å². The van der Waals surface area contributed by atoms with Gasteiger partial charge in [0.15, 0.2) is 0 Å². The van der Waals surface area contributed by atoms with Crippen LogP contribution in [0.3, 0.4) is 0 Å². The highest BCUT2D eigenvalue weighted by atomic mass is 35.5. The lowest BCUT2D eigenvalue weighted by Crippen LogP contribution is -2.18. The van der Waals surface area contributed by atoms with Crippen LogP contribution in [0.4, 0.5) is 51.2 Å². The van der Waals surface area contributed by atoms with E-state index in [9.17, 15) is 0 Å². The van der Waals surface area contributed by atoms with Crippen LogP contribution in [0.1, 0.15) is 26.3 Å². The van der Waals surface area contributed by atoms with Crippen LogP contribution >= 0.6 is 11.6 Å². The number of rotatable bonds is 13. The molecule has 0 spiro atoms. The molecule has 0 saturated carbocycles. The van der Waals surface area contributed by atoms with Crippen molar-refractivity contribution in [2.24, 2.45) is 0 Å². The molecule has 11 aromatic rings. The summed E-state index contributed by atoms with van der Waals surface area (Å²) in [6.45, 7) is 6.79. The highest BCUT2D eigenvalue weighted by Gasteiger charge is 2.30. The van der Waals surface area contributed by atoms with E-state index in [4.69, 9.17) is 11.6 Å². The smallest absolute Gasteiger partial charge is 0.0888 e. The maximum atomic E-state index is 8.48. The molecule has 0 unspecified atom stereocenters. The molecule has 74 heavy (non-hydrogen) atoms. The van der Waals surface area contributed by atoms with Gasteiger partial charge in [-0.25, -0.2) is 0 Å². The summed E-state index contributed by atoms with van der Waals surface area (Å²) in [4.78, 5) is 7.08. The van der Waals surface area contributed by atoms with E-state index in [0.29, 0.717) is 5.02 Å². The zero-order valence-corrected chi connectivity index (χ0v) is 42.6. The summed E-state index contributed by atoms with van der Waals surface area (Å²) in [5, 5.41) is 0.576. The molecule has 0 heterocycles. The molecule has 0 saturated heterocycles. The first kappa shape index (κ1) is 47.4. The zero-order chi connectivity index (χ0) is 50.4. The van der Waals surface area contributed by atoms with Gasteiger partial charge in [0.1, 0.15) is 0 Å². The topological polar surface area (TPSA) is 9.72 Å². The van der Waals surface area contributed by atoms with Gasteiger partial charge in [-0.3, -0.25) is 0 Å².